The lowest BCUT2D eigenvalue weighted by molar-refractivity contribution is 0.0642. The van der Waals surface area contributed by atoms with Gasteiger partial charge in [-0.1, -0.05) is 0 Å². The highest BCUT2D eigenvalue weighted by Gasteiger charge is 2.30. The number of carbonyl (C=O) groups is 1. The number of likely N-dealkylation sites (tertiary alicyclic amines) is 1. The molecule has 32 heavy (non-hydrogen) atoms. The van der Waals surface area contributed by atoms with Crippen LogP contribution in [0.15, 0.2) is 18.2 Å². The van der Waals surface area contributed by atoms with Crippen LogP contribution in [-0.2, 0) is 7.05 Å². The van der Waals surface area contributed by atoms with Gasteiger partial charge in [-0.3, -0.25) is 4.79 Å². The van der Waals surface area contributed by atoms with Crippen molar-refractivity contribution in [2.45, 2.75) is 38.2 Å². The molecular formula is C23H35Cl2N5O2. The van der Waals surface area contributed by atoms with Gasteiger partial charge in [0.2, 0.25) is 5.95 Å². The molecule has 5 rings (SSSR count). The summed E-state index contributed by atoms with van der Waals surface area (Å²) in [4.78, 5) is 22.1. The van der Waals surface area contributed by atoms with Crippen LogP contribution in [0, 0.1) is 11.8 Å². The van der Waals surface area contributed by atoms with Crippen molar-refractivity contribution in [2.24, 2.45) is 18.9 Å². The SMILES string of the molecule is Cl.Cl.Cn1c(N2CC[C@H](O)C2)nc2cc(C(=O)N3CCC(C4CCNCC4)CC3)ccc21. The lowest BCUT2D eigenvalue weighted by Crippen LogP contribution is -2.42. The van der Waals surface area contributed by atoms with Crippen LogP contribution in [0.3, 0.4) is 0 Å². The minimum atomic E-state index is -0.283. The average Bonchev–Trinajstić information content (AvgIpc) is 3.36. The molecule has 1 aromatic heterocycles. The second-order valence-electron chi connectivity index (χ2n) is 9.28. The molecule has 3 aliphatic rings. The average molecular weight is 484 g/mol. The van der Waals surface area contributed by atoms with Gasteiger partial charge in [-0.2, -0.15) is 0 Å². The highest BCUT2D eigenvalue weighted by molar-refractivity contribution is 5.97. The highest BCUT2D eigenvalue weighted by atomic mass is 35.5. The topological polar surface area (TPSA) is 73.6 Å². The summed E-state index contributed by atoms with van der Waals surface area (Å²) < 4.78 is 2.06. The molecule has 0 unspecified atom stereocenters. The van der Waals surface area contributed by atoms with Gasteiger partial charge in [-0.25, -0.2) is 4.98 Å². The standard InChI is InChI=1S/C23H33N5O2.2ClH/c1-26-21-3-2-18(14-20(21)25-23(26)28-13-8-19(29)15-28)22(30)27-11-6-17(7-12-27)16-4-9-24-10-5-16;;/h2-3,14,16-17,19,24,29H,4-13,15H2,1H3;2*1H/t19-;;/m0../s1. The van der Waals surface area contributed by atoms with E-state index in [9.17, 15) is 9.90 Å². The third-order valence-corrected chi connectivity index (χ3v) is 7.43. The van der Waals surface area contributed by atoms with Gasteiger partial charge in [0.15, 0.2) is 0 Å². The number of carbonyl (C=O) groups excluding carboxylic acids is 1. The van der Waals surface area contributed by atoms with E-state index >= 15 is 0 Å². The van der Waals surface area contributed by atoms with Crippen LogP contribution in [0.4, 0.5) is 5.95 Å². The number of aliphatic hydroxyl groups is 1. The number of imidazole rings is 1. The van der Waals surface area contributed by atoms with Crippen molar-refractivity contribution < 1.29 is 9.90 Å². The lowest BCUT2D eigenvalue weighted by Gasteiger charge is -2.37. The third kappa shape index (κ3) is 4.86. The van der Waals surface area contributed by atoms with Crippen LogP contribution in [0.25, 0.3) is 11.0 Å². The molecule has 1 atom stereocenters. The minimum absolute atomic E-state index is 0. The molecule has 0 bridgehead atoms. The van der Waals surface area contributed by atoms with Crippen LogP contribution in [0.5, 0.6) is 0 Å². The Hall–Kier alpha value is -1.54. The van der Waals surface area contributed by atoms with Crippen LogP contribution < -0.4 is 10.2 Å². The molecule has 2 N–H and O–H groups in total. The number of halogens is 2. The predicted molar refractivity (Wildman–Crippen MR) is 132 cm³/mol. The van der Waals surface area contributed by atoms with Gasteiger partial charge < -0.3 is 24.8 Å². The maximum absolute atomic E-state index is 13.2. The smallest absolute Gasteiger partial charge is 0.253 e. The number of hydrogen-bond donors (Lipinski definition) is 2. The Morgan fingerprint density at radius 2 is 1.72 bits per heavy atom. The summed E-state index contributed by atoms with van der Waals surface area (Å²) in [7, 11) is 2.00. The van der Waals surface area contributed by atoms with E-state index in [1.165, 1.54) is 12.8 Å². The third-order valence-electron chi connectivity index (χ3n) is 7.43. The van der Waals surface area contributed by atoms with Gasteiger partial charge in [0, 0.05) is 38.8 Å². The summed E-state index contributed by atoms with van der Waals surface area (Å²) >= 11 is 0. The van der Waals surface area contributed by atoms with E-state index < -0.39 is 0 Å². The molecule has 7 nitrogen and oxygen atoms in total. The molecule has 1 amide bonds. The summed E-state index contributed by atoms with van der Waals surface area (Å²) in [5.41, 5.74) is 2.60. The van der Waals surface area contributed by atoms with Gasteiger partial charge in [0.05, 0.1) is 17.1 Å². The summed E-state index contributed by atoms with van der Waals surface area (Å²) in [6.07, 6.45) is 5.32. The number of benzene rings is 1. The largest absolute Gasteiger partial charge is 0.391 e. The first-order valence-electron chi connectivity index (χ1n) is 11.5. The Balaban J connectivity index is 0.00000144. The molecule has 3 saturated heterocycles. The van der Waals surface area contributed by atoms with Crippen molar-refractivity contribution in [3.8, 4) is 0 Å². The normalized spacial score (nSPS) is 22.6. The van der Waals surface area contributed by atoms with Gasteiger partial charge in [-0.05, 0) is 75.2 Å². The van der Waals surface area contributed by atoms with Crippen molar-refractivity contribution in [1.82, 2.24) is 19.8 Å². The predicted octanol–water partition coefficient (Wildman–Crippen LogP) is 2.84. The number of aromatic nitrogens is 2. The molecule has 4 heterocycles. The fourth-order valence-corrected chi connectivity index (χ4v) is 5.60. The zero-order chi connectivity index (χ0) is 20.7. The molecule has 0 aliphatic carbocycles. The molecular weight excluding hydrogens is 449 g/mol. The molecule has 0 saturated carbocycles. The number of anilines is 1. The lowest BCUT2D eigenvalue weighted by atomic mass is 9.79. The molecule has 1 aromatic carbocycles. The van der Waals surface area contributed by atoms with Crippen LogP contribution in [0.2, 0.25) is 0 Å². The number of aryl methyl sites for hydroxylation is 1. The van der Waals surface area contributed by atoms with Crippen molar-refractivity contribution in [2.75, 3.05) is 44.2 Å². The maximum atomic E-state index is 13.2. The monoisotopic (exact) mass is 483 g/mol. The number of nitrogens with one attached hydrogen (secondary N) is 1. The number of fused-ring (bicyclic) bond motifs is 1. The van der Waals surface area contributed by atoms with Gasteiger partial charge in [-0.15, -0.1) is 24.8 Å². The van der Waals surface area contributed by atoms with Crippen LogP contribution in [0.1, 0.15) is 42.5 Å². The Morgan fingerprint density at radius 3 is 2.38 bits per heavy atom. The second-order valence-corrected chi connectivity index (χ2v) is 9.28. The first-order chi connectivity index (χ1) is 14.6. The van der Waals surface area contributed by atoms with Gasteiger partial charge in [0.1, 0.15) is 0 Å². The van der Waals surface area contributed by atoms with E-state index in [0.29, 0.717) is 6.54 Å². The van der Waals surface area contributed by atoms with Crippen molar-refractivity contribution in [3.63, 3.8) is 0 Å². The van der Waals surface area contributed by atoms with Crippen LogP contribution >= 0.6 is 24.8 Å². The first-order valence-corrected chi connectivity index (χ1v) is 11.5. The maximum Gasteiger partial charge on any atom is 0.253 e. The van der Waals surface area contributed by atoms with E-state index in [4.69, 9.17) is 4.98 Å². The zero-order valence-corrected chi connectivity index (χ0v) is 20.3. The fourth-order valence-electron chi connectivity index (χ4n) is 5.60. The van der Waals surface area contributed by atoms with Crippen molar-refractivity contribution >= 4 is 47.7 Å². The molecule has 9 heteroatoms. The first kappa shape index (κ1) is 25.1. The van der Waals surface area contributed by atoms with E-state index in [0.717, 1.165) is 86.4 Å². The molecule has 3 aliphatic heterocycles. The van der Waals surface area contributed by atoms with Crippen LogP contribution in [-0.4, -0.2) is 70.8 Å². The molecule has 0 radical (unpaired) electrons. The molecule has 3 fully saturated rings. The quantitative estimate of drug-likeness (QED) is 0.701. The minimum Gasteiger partial charge on any atom is -0.391 e. The number of aliphatic hydroxyl groups excluding tert-OH is 1. The summed E-state index contributed by atoms with van der Waals surface area (Å²) in [5, 5.41) is 13.3. The summed E-state index contributed by atoms with van der Waals surface area (Å²) in [5.74, 6) is 2.60. The molecule has 2 aromatic rings. The Kier molecular flexibility index (Phi) is 8.31. The number of hydrogen-bond acceptors (Lipinski definition) is 5. The summed E-state index contributed by atoms with van der Waals surface area (Å²) in [6.45, 7) is 5.46. The van der Waals surface area contributed by atoms with E-state index in [-0.39, 0.29) is 36.8 Å². The fraction of sp³-hybridized carbons (Fsp3) is 0.652. The Labute approximate surface area is 202 Å². The van der Waals surface area contributed by atoms with E-state index in [2.05, 4.69) is 14.8 Å². The zero-order valence-electron chi connectivity index (χ0n) is 18.7. The van der Waals surface area contributed by atoms with Gasteiger partial charge >= 0.3 is 0 Å². The van der Waals surface area contributed by atoms with Crippen molar-refractivity contribution in [3.05, 3.63) is 23.8 Å². The van der Waals surface area contributed by atoms with E-state index in [1.807, 2.05) is 30.1 Å². The van der Waals surface area contributed by atoms with Gasteiger partial charge in [0.25, 0.3) is 5.91 Å². The molecule has 0 spiro atoms. The number of β-amino-alcohol motifs (C(OH)–C–C–N with tert-alkyl or cyclic N) is 1. The number of rotatable bonds is 3. The number of piperidine rings is 2. The number of amides is 1. The second kappa shape index (κ2) is 10.6. The Morgan fingerprint density at radius 1 is 1.03 bits per heavy atom. The highest BCUT2D eigenvalue weighted by Crippen LogP contribution is 2.31. The molecule has 178 valence electrons. The Bertz CT molecular complexity index is 922. The van der Waals surface area contributed by atoms with Crippen molar-refractivity contribution in [1.29, 1.82) is 0 Å². The number of nitrogens with zero attached hydrogens (tertiary/aromatic N) is 4. The van der Waals surface area contributed by atoms with E-state index in [1.54, 1.807) is 0 Å². The summed E-state index contributed by atoms with van der Waals surface area (Å²) in [6, 6.07) is 5.88.